The third-order valence-corrected chi connectivity index (χ3v) is 3.42. The van der Waals surface area contributed by atoms with Gasteiger partial charge in [0.25, 0.3) is 0 Å². The molecule has 1 unspecified atom stereocenters. The number of aliphatic hydroxyl groups is 1. The highest BCUT2D eigenvalue weighted by Crippen LogP contribution is 2.24. The van der Waals surface area contributed by atoms with Gasteiger partial charge in [-0.15, -0.1) is 11.6 Å². The van der Waals surface area contributed by atoms with Crippen molar-refractivity contribution in [2.45, 2.75) is 23.4 Å². The summed E-state index contributed by atoms with van der Waals surface area (Å²) in [6.07, 6.45) is 0.262. The largest absolute Gasteiger partial charge is 0.390 e. The fourth-order valence-electron chi connectivity index (χ4n) is 1.71. The summed E-state index contributed by atoms with van der Waals surface area (Å²) >= 11 is 6.09. The second-order valence-electron chi connectivity index (χ2n) is 4.20. The van der Waals surface area contributed by atoms with Gasteiger partial charge >= 0.3 is 0 Å². The van der Waals surface area contributed by atoms with Crippen molar-refractivity contribution in [1.29, 1.82) is 0 Å². The van der Waals surface area contributed by atoms with Gasteiger partial charge in [0.1, 0.15) is 0 Å². The van der Waals surface area contributed by atoms with Crippen LogP contribution >= 0.6 is 11.6 Å². The van der Waals surface area contributed by atoms with Crippen LogP contribution in [0, 0.1) is 6.92 Å². The molecule has 1 aliphatic heterocycles. The standard InChI is InChI=1S/C10H20ClN2O2/c1-10(12)8(11)6-13(7-9(10)14)4-3-5-15-2/h8-9,14H,1,3-7,12H2,2H3/t8?,9-,10+/m0/s1. The fourth-order valence-corrected chi connectivity index (χ4v) is 2.05. The molecule has 0 aliphatic carbocycles. The van der Waals surface area contributed by atoms with Crippen molar-refractivity contribution in [3.05, 3.63) is 6.92 Å². The molecular weight excluding hydrogens is 216 g/mol. The lowest BCUT2D eigenvalue weighted by atomic mass is 9.87. The zero-order valence-electron chi connectivity index (χ0n) is 9.16. The van der Waals surface area contributed by atoms with Crippen LogP contribution in [0.3, 0.4) is 0 Å². The molecule has 15 heavy (non-hydrogen) atoms. The Morgan fingerprint density at radius 1 is 1.67 bits per heavy atom. The van der Waals surface area contributed by atoms with Crippen molar-refractivity contribution in [2.24, 2.45) is 5.73 Å². The van der Waals surface area contributed by atoms with Gasteiger partial charge in [0.15, 0.2) is 0 Å². The van der Waals surface area contributed by atoms with E-state index < -0.39 is 11.6 Å². The molecular formula is C10H20ClN2O2. The van der Waals surface area contributed by atoms with E-state index in [0.717, 1.165) is 19.6 Å². The van der Waals surface area contributed by atoms with Crippen LogP contribution in [0.15, 0.2) is 0 Å². The first-order valence-corrected chi connectivity index (χ1v) is 5.59. The van der Waals surface area contributed by atoms with E-state index in [2.05, 4.69) is 11.8 Å². The molecule has 0 aromatic carbocycles. The average molecular weight is 236 g/mol. The van der Waals surface area contributed by atoms with Gasteiger partial charge in [0, 0.05) is 33.4 Å². The van der Waals surface area contributed by atoms with Crippen molar-refractivity contribution < 1.29 is 9.84 Å². The average Bonchev–Trinajstić information content (AvgIpc) is 2.15. The topological polar surface area (TPSA) is 58.7 Å². The highest BCUT2D eigenvalue weighted by molar-refractivity contribution is 6.21. The quantitative estimate of drug-likeness (QED) is 0.525. The molecule has 0 bridgehead atoms. The van der Waals surface area contributed by atoms with Gasteiger partial charge in [-0.3, -0.25) is 4.90 Å². The zero-order chi connectivity index (χ0) is 11.5. The van der Waals surface area contributed by atoms with E-state index in [1.165, 1.54) is 0 Å². The SMILES string of the molecule is [CH2][C@@]1(N)C(Cl)CN(CCCOC)C[C@@H]1O. The molecule has 1 rings (SSSR count). The number of nitrogens with two attached hydrogens (primary N) is 1. The van der Waals surface area contributed by atoms with E-state index in [4.69, 9.17) is 22.1 Å². The van der Waals surface area contributed by atoms with Gasteiger partial charge in [0.05, 0.1) is 17.0 Å². The molecule has 3 N–H and O–H groups in total. The number of rotatable bonds is 4. The highest BCUT2D eigenvalue weighted by Gasteiger charge is 2.41. The van der Waals surface area contributed by atoms with Crippen LogP contribution in [0.5, 0.6) is 0 Å². The maximum absolute atomic E-state index is 9.79. The molecule has 1 fully saturated rings. The number of hydrogen-bond acceptors (Lipinski definition) is 4. The number of hydrogen-bond donors (Lipinski definition) is 2. The summed E-state index contributed by atoms with van der Waals surface area (Å²) in [6, 6.07) is 0. The molecule has 0 aromatic rings. The Morgan fingerprint density at radius 2 is 2.33 bits per heavy atom. The van der Waals surface area contributed by atoms with Crippen LogP contribution in [-0.2, 0) is 4.74 Å². The summed E-state index contributed by atoms with van der Waals surface area (Å²) < 4.78 is 4.97. The number of alkyl halides is 1. The summed E-state index contributed by atoms with van der Waals surface area (Å²) in [5.74, 6) is 0. The van der Waals surface area contributed by atoms with Crippen LogP contribution < -0.4 is 5.73 Å². The van der Waals surface area contributed by atoms with Crippen LogP contribution in [0.25, 0.3) is 0 Å². The molecule has 1 radical (unpaired) electrons. The molecule has 3 atom stereocenters. The zero-order valence-corrected chi connectivity index (χ0v) is 9.91. The minimum atomic E-state index is -0.931. The number of methoxy groups -OCH3 is 1. The molecule has 0 spiro atoms. The van der Waals surface area contributed by atoms with E-state index in [1.54, 1.807) is 7.11 Å². The predicted molar refractivity (Wildman–Crippen MR) is 60.9 cm³/mol. The summed E-state index contributed by atoms with van der Waals surface area (Å²) in [6.45, 7) is 6.56. The van der Waals surface area contributed by atoms with Crippen molar-refractivity contribution in [3.63, 3.8) is 0 Å². The Morgan fingerprint density at radius 3 is 2.87 bits per heavy atom. The molecule has 4 nitrogen and oxygen atoms in total. The first-order chi connectivity index (χ1) is 6.98. The molecule has 1 heterocycles. The van der Waals surface area contributed by atoms with E-state index in [9.17, 15) is 5.11 Å². The Labute approximate surface area is 96.3 Å². The lowest BCUT2D eigenvalue weighted by Crippen LogP contribution is -2.65. The van der Waals surface area contributed by atoms with Gasteiger partial charge < -0.3 is 15.6 Å². The third kappa shape index (κ3) is 3.29. The number of aliphatic hydroxyl groups excluding tert-OH is 1. The number of nitrogens with zero attached hydrogens (tertiary/aromatic N) is 1. The maximum Gasteiger partial charge on any atom is 0.0861 e. The van der Waals surface area contributed by atoms with Gasteiger partial charge in [-0.2, -0.15) is 0 Å². The van der Waals surface area contributed by atoms with Crippen molar-refractivity contribution >= 4 is 11.6 Å². The predicted octanol–water partition coefficient (Wildman–Crippen LogP) is -0.162. The van der Waals surface area contributed by atoms with Crippen LogP contribution in [0.1, 0.15) is 6.42 Å². The number of piperidine rings is 1. The lowest BCUT2D eigenvalue weighted by Gasteiger charge is -2.44. The summed E-state index contributed by atoms with van der Waals surface area (Å²) in [5, 5.41) is 9.47. The van der Waals surface area contributed by atoms with E-state index in [1.807, 2.05) is 0 Å². The Balaban J connectivity index is 2.39. The summed E-state index contributed by atoms with van der Waals surface area (Å²) in [7, 11) is 1.68. The smallest absolute Gasteiger partial charge is 0.0861 e. The molecule has 0 aromatic heterocycles. The Kier molecular flexibility index (Phi) is 4.80. The summed E-state index contributed by atoms with van der Waals surface area (Å²) in [4.78, 5) is 2.09. The second kappa shape index (κ2) is 5.46. The minimum absolute atomic E-state index is 0.316. The first kappa shape index (κ1) is 13.2. The third-order valence-electron chi connectivity index (χ3n) is 2.88. The van der Waals surface area contributed by atoms with Crippen LogP contribution in [-0.4, -0.2) is 60.4 Å². The van der Waals surface area contributed by atoms with Crippen LogP contribution in [0.4, 0.5) is 0 Å². The normalized spacial score (nSPS) is 38.2. The lowest BCUT2D eigenvalue weighted by molar-refractivity contribution is 0.0227. The highest BCUT2D eigenvalue weighted by atomic mass is 35.5. The molecule has 1 saturated heterocycles. The summed E-state index contributed by atoms with van der Waals surface area (Å²) in [5.41, 5.74) is 4.91. The fraction of sp³-hybridized carbons (Fsp3) is 0.900. The van der Waals surface area contributed by atoms with Crippen molar-refractivity contribution in [2.75, 3.05) is 33.4 Å². The maximum atomic E-state index is 9.79. The van der Waals surface area contributed by atoms with E-state index in [0.29, 0.717) is 13.1 Å². The minimum Gasteiger partial charge on any atom is -0.390 e. The number of β-amino-alcohol motifs (C(OH)–C–C–N with tert-alkyl or cyclic N) is 1. The number of ether oxygens (including phenoxy) is 1. The number of halogens is 1. The van der Waals surface area contributed by atoms with Crippen LogP contribution in [0.2, 0.25) is 0 Å². The monoisotopic (exact) mass is 235 g/mol. The second-order valence-corrected chi connectivity index (χ2v) is 4.73. The Bertz CT molecular complexity index is 188. The van der Waals surface area contributed by atoms with Gasteiger partial charge in [-0.05, 0) is 13.3 Å². The van der Waals surface area contributed by atoms with Crippen molar-refractivity contribution in [1.82, 2.24) is 4.90 Å². The number of likely N-dealkylation sites (tertiary alicyclic amines) is 1. The van der Waals surface area contributed by atoms with Gasteiger partial charge in [0.2, 0.25) is 0 Å². The van der Waals surface area contributed by atoms with Gasteiger partial charge in [-0.1, -0.05) is 0 Å². The van der Waals surface area contributed by atoms with E-state index >= 15 is 0 Å². The van der Waals surface area contributed by atoms with Crippen molar-refractivity contribution in [3.8, 4) is 0 Å². The molecule has 0 amide bonds. The molecule has 5 heteroatoms. The van der Waals surface area contributed by atoms with E-state index in [-0.39, 0.29) is 5.38 Å². The molecule has 0 saturated carbocycles. The van der Waals surface area contributed by atoms with Gasteiger partial charge in [-0.25, -0.2) is 0 Å². The molecule has 89 valence electrons. The molecule has 1 aliphatic rings. The Hall–Kier alpha value is 0.130. The first-order valence-electron chi connectivity index (χ1n) is 5.16.